The lowest BCUT2D eigenvalue weighted by atomic mass is 10.0. The molecular weight excluding hydrogens is 394 g/mol. The van der Waals surface area contributed by atoms with Gasteiger partial charge in [0.05, 0.1) is 23.4 Å². The fraction of sp³-hybridized carbons (Fsp3) is 0.240. The number of hydrogen-bond acceptors (Lipinski definition) is 5. The number of esters is 2. The number of benzene rings is 2. The summed E-state index contributed by atoms with van der Waals surface area (Å²) in [5.74, 6) is -1.49. The summed E-state index contributed by atoms with van der Waals surface area (Å²) in [5, 5.41) is 0. The second kappa shape index (κ2) is 9.43. The highest BCUT2D eigenvalue weighted by Gasteiger charge is 2.27. The van der Waals surface area contributed by atoms with Crippen molar-refractivity contribution < 1.29 is 23.9 Å². The van der Waals surface area contributed by atoms with E-state index in [0.29, 0.717) is 22.4 Å². The third kappa shape index (κ3) is 4.74. The molecule has 0 amide bonds. The third-order valence-electron chi connectivity index (χ3n) is 5.04. The molecule has 0 saturated heterocycles. The third-order valence-corrected chi connectivity index (χ3v) is 5.04. The van der Waals surface area contributed by atoms with Gasteiger partial charge in [0, 0.05) is 5.69 Å². The van der Waals surface area contributed by atoms with E-state index < -0.39 is 23.8 Å². The van der Waals surface area contributed by atoms with Gasteiger partial charge in [0.1, 0.15) is 0 Å². The number of Topliss-reactive ketones (excluding diaryl/α,β-unsaturated/α-hetero) is 1. The highest BCUT2D eigenvalue weighted by atomic mass is 16.5. The van der Waals surface area contributed by atoms with Crippen molar-refractivity contribution in [2.45, 2.75) is 33.8 Å². The van der Waals surface area contributed by atoms with E-state index in [-0.39, 0.29) is 12.3 Å². The van der Waals surface area contributed by atoms with E-state index >= 15 is 0 Å². The number of ketones is 1. The highest BCUT2D eigenvalue weighted by Crippen LogP contribution is 2.22. The zero-order valence-corrected chi connectivity index (χ0v) is 18.0. The minimum atomic E-state index is -1.02. The lowest BCUT2D eigenvalue weighted by molar-refractivity contribution is 0.0316. The molecule has 0 saturated carbocycles. The van der Waals surface area contributed by atoms with Crippen molar-refractivity contribution in [1.29, 1.82) is 0 Å². The van der Waals surface area contributed by atoms with Gasteiger partial charge in [-0.05, 0) is 56.5 Å². The molecular formula is C25H25NO5. The van der Waals surface area contributed by atoms with Crippen LogP contribution < -0.4 is 0 Å². The van der Waals surface area contributed by atoms with Crippen LogP contribution in [0.5, 0.6) is 0 Å². The molecule has 1 heterocycles. The summed E-state index contributed by atoms with van der Waals surface area (Å²) in [6.07, 6.45) is -1.02. The Morgan fingerprint density at radius 3 is 2.13 bits per heavy atom. The quantitative estimate of drug-likeness (QED) is 0.435. The molecule has 0 radical (unpaired) electrons. The van der Waals surface area contributed by atoms with E-state index in [1.54, 1.807) is 32.9 Å². The molecule has 6 heteroatoms. The van der Waals surface area contributed by atoms with Gasteiger partial charge in [-0.2, -0.15) is 0 Å². The Labute approximate surface area is 181 Å². The molecule has 0 aliphatic carbocycles. The van der Waals surface area contributed by atoms with Crippen molar-refractivity contribution in [2.24, 2.45) is 0 Å². The fourth-order valence-corrected chi connectivity index (χ4v) is 3.42. The maximum atomic E-state index is 12.9. The number of carbonyl (C=O) groups is 3. The van der Waals surface area contributed by atoms with Crippen LogP contribution in [0.4, 0.5) is 0 Å². The van der Waals surface area contributed by atoms with Gasteiger partial charge in [-0.25, -0.2) is 9.59 Å². The molecule has 0 aliphatic rings. The number of rotatable bonds is 7. The Morgan fingerprint density at radius 2 is 1.52 bits per heavy atom. The van der Waals surface area contributed by atoms with Gasteiger partial charge in [0.15, 0.2) is 6.10 Å². The maximum absolute atomic E-state index is 12.9. The first-order valence-corrected chi connectivity index (χ1v) is 10.1. The summed E-state index contributed by atoms with van der Waals surface area (Å²) in [6, 6.07) is 16.8. The standard InChI is InChI=1S/C25H25NO5/c1-5-30-25(29)21-15(2)22(26-16(21)3)23(27)17(4)31-24(28)20-13-11-19(12-14-20)18-9-7-6-8-10-18/h6-14,17,26H,5H2,1-4H3/t17-/m1/s1. The van der Waals surface area contributed by atoms with Gasteiger partial charge < -0.3 is 14.5 Å². The Bertz CT molecular complexity index is 1100. The van der Waals surface area contributed by atoms with Crippen LogP contribution >= 0.6 is 0 Å². The van der Waals surface area contributed by atoms with E-state index in [9.17, 15) is 14.4 Å². The summed E-state index contributed by atoms with van der Waals surface area (Å²) in [7, 11) is 0. The number of hydrogen-bond donors (Lipinski definition) is 1. The zero-order chi connectivity index (χ0) is 22.5. The van der Waals surface area contributed by atoms with E-state index in [1.807, 2.05) is 42.5 Å². The first-order chi connectivity index (χ1) is 14.8. The SMILES string of the molecule is CCOC(=O)c1c(C)[nH]c(C(=O)[C@@H](C)OC(=O)c2ccc(-c3ccccc3)cc2)c1C. The lowest BCUT2D eigenvalue weighted by Crippen LogP contribution is -2.25. The van der Waals surface area contributed by atoms with Gasteiger partial charge in [-0.1, -0.05) is 42.5 Å². The summed E-state index contributed by atoms with van der Waals surface area (Å²) in [6.45, 7) is 6.83. The Balaban J connectivity index is 1.72. The summed E-state index contributed by atoms with van der Waals surface area (Å²) in [5.41, 5.74) is 3.96. The number of carbonyl (C=O) groups excluding carboxylic acids is 3. The Morgan fingerprint density at radius 1 is 0.903 bits per heavy atom. The van der Waals surface area contributed by atoms with Crippen molar-refractivity contribution in [3.05, 3.63) is 82.7 Å². The normalized spacial score (nSPS) is 11.6. The molecule has 1 N–H and O–H groups in total. The summed E-state index contributed by atoms with van der Waals surface area (Å²) < 4.78 is 10.4. The van der Waals surface area contributed by atoms with E-state index in [2.05, 4.69) is 4.98 Å². The van der Waals surface area contributed by atoms with Crippen LogP contribution in [0.25, 0.3) is 11.1 Å². The average Bonchev–Trinajstić information content (AvgIpc) is 3.07. The first-order valence-electron chi connectivity index (χ1n) is 10.1. The first kappa shape index (κ1) is 22.0. The predicted octanol–water partition coefficient (Wildman–Crippen LogP) is 4.90. The average molecular weight is 419 g/mol. The molecule has 0 aliphatic heterocycles. The Hall–Kier alpha value is -3.67. The van der Waals surface area contributed by atoms with Crippen LogP contribution in [0.1, 0.15) is 56.3 Å². The minimum absolute atomic E-state index is 0.236. The van der Waals surface area contributed by atoms with Gasteiger partial charge in [-0.3, -0.25) is 4.79 Å². The van der Waals surface area contributed by atoms with Crippen LogP contribution in [-0.4, -0.2) is 35.4 Å². The number of H-pyrrole nitrogens is 1. The molecule has 3 rings (SSSR count). The molecule has 1 atom stereocenters. The molecule has 0 unspecified atom stereocenters. The highest BCUT2D eigenvalue weighted by molar-refractivity contribution is 6.04. The fourth-order valence-electron chi connectivity index (χ4n) is 3.42. The van der Waals surface area contributed by atoms with Crippen LogP contribution in [0.3, 0.4) is 0 Å². The van der Waals surface area contributed by atoms with Gasteiger partial charge in [-0.15, -0.1) is 0 Å². The smallest absolute Gasteiger partial charge is 0.340 e. The number of ether oxygens (including phenoxy) is 2. The molecule has 31 heavy (non-hydrogen) atoms. The molecule has 0 bridgehead atoms. The van der Waals surface area contributed by atoms with Crippen molar-refractivity contribution in [3.63, 3.8) is 0 Å². The van der Waals surface area contributed by atoms with Crippen LogP contribution in [0.2, 0.25) is 0 Å². The van der Waals surface area contributed by atoms with Crippen LogP contribution in [0, 0.1) is 13.8 Å². The van der Waals surface area contributed by atoms with Crippen molar-refractivity contribution in [1.82, 2.24) is 4.98 Å². The van der Waals surface area contributed by atoms with E-state index in [1.165, 1.54) is 6.92 Å². The molecule has 6 nitrogen and oxygen atoms in total. The number of aromatic amines is 1. The van der Waals surface area contributed by atoms with Crippen molar-refractivity contribution in [2.75, 3.05) is 6.61 Å². The van der Waals surface area contributed by atoms with E-state index in [4.69, 9.17) is 9.47 Å². The lowest BCUT2D eigenvalue weighted by Gasteiger charge is -2.12. The topological polar surface area (TPSA) is 85.5 Å². The maximum Gasteiger partial charge on any atom is 0.340 e. The molecule has 1 aromatic heterocycles. The van der Waals surface area contributed by atoms with Gasteiger partial charge in [0.2, 0.25) is 5.78 Å². The minimum Gasteiger partial charge on any atom is -0.462 e. The molecule has 0 spiro atoms. The number of nitrogens with one attached hydrogen (secondary N) is 1. The van der Waals surface area contributed by atoms with Crippen LogP contribution in [-0.2, 0) is 9.47 Å². The van der Waals surface area contributed by atoms with Gasteiger partial charge >= 0.3 is 11.9 Å². The zero-order valence-electron chi connectivity index (χ0n) is 18.0. The molecule has 160 valence electrons. The Kier molecular flexibility index (Phi) is 6.70. The largest absolute Gasteiger partial charge is 0.462 e. The summed E-state index contributed by atoms with van der Waals surface area (Å²) in [4.78, 5) is 40.5. The molecule has 2 aromatic carbocycles. The van der Waals surface area contributed by atoms with Crippen LogP contribution in [0.15, 0.2) is 54.6 Å². The van der Waals surface area contributed by atoms with Gasteiger partial charge in [0.25, 0.3) is 0 Å². The number of aryl methyl sites for hydroxylation is 1. The second-order valence-corrected chi connectivity index (χ2v) is 7.20. The number of aromatic nitrogens is 1. The molecule has 3 aromatic rings. The van der Waals surface area contributed by atoms with Crippen molar-refractivity contribution >= 4 is 17.7 Å². The predicted molar refractivity (Wildman–Crippen MR) is 117 cm³/mol. The second-order valence-electron chi connectivity index (χ2n) is 7.20. The van der Waals surface area contributed by atoms with Crippen molar-refractivity contribution in [3.8, 4) is 11.1 Å². The monoisotopic (exact) mass is 419 g/mol. The summed E-state index contributed by atoms with van der Waals surface area (Å²) >= 11 is 0. The van der Waals surface area contributed by atoms with E-state index in [0.717, 1.165) is 11.1 Å². The molecule has 0 fully saturated rings.